The van der Waals surface area contributed by atoms with Crippen molar-refractivity contribution in [2.75, 3.05) is 0 Å². The molecule has 1 unspecified atom stereocenters. The van der Waals surface area contributed by atoms with Crippen LogP contribution in [0.2, 0.25) is 0 Å². The van der Waals surface area contributed by atoms with Gasteiger partial charge in [0.1, 0.15) is 0 Å². The van der Waals surface area contributed by atoms with Crippen LogP contribution in [0.25, 0.3) is 11.3 Å². The number of aromatic carboxylic acids is 1. The Morgan fingerprint density at radius 3 is 2.56 bits per heavy atom. The van der Waals surface area contributed by atoms with Gasteiger partial charge in [-0.1, -0.05) is 29.4 Å². The molecule has 0 fully saturated rings. The quantitative estimate of drug-likeness (QED) is 0.862. The molecule has 1 atom stereocenters. The first-order valence-corrected chi connectivity index (χ1v) is 5.53. The van der Waals surface area contributed by atoms with E-state index in [1.54, 1.807) is 6.92 Å². The Morgan fingerprint density at radius 2 is 2.06 bits per heavy atom. The molecule has 0 bridgehead atoms. The van der Waals surface area contributed by atoms with Gasteiger partial charge in [-0.05, 0) is 18.9 Å². The molecular formula is C13H13NO4. The standard InChI is InChI=1S/C13H13NO4/c1-8(15)6-9-2-4-10(5-3-9)12-7-11(13(16)17)14-18-12/h2-5,7-8,15H,6H2,1H3,(H,16,17). The first kappa shape index (κ1) is 12.3. The van der Waals surface area contributed by atoms with Gasteiger partial charge in [0, 0.05) is 11.6 Å². The largest absolute Gasteiger partial charge is 0.476 e. The number of nitrogens with zero attached hydrogens (tertiary/aromatic N) is 1. The van der Waals surface area contributed by atoms with Crippen LogP contribution < -0.4 is 0 Å². The van der Waals surface area contributed by atoms with Crippen molar-refractivity contribution < 1.29 is 19.5 Å². The average Bonchev–Trinajstić information content (AvgIpc) is 2.78. The van der Waals surface area contributed by atoms with E-state index in [0.717, 1.165) is 11.1 Å². The van der Waals surface area contributed by atoms with Crippen molar-refractivity contribution in [2.24, 2.45) is 0 Å². The predicted molar refractivity (Wildman–Crippen MR) is 64.3 cm³/mol. The molecule has 0 radical (unpaired) electrons. The molecule has 2 N–H and O–H groups in total. The molecule has 0 saturated carbocycles. The van der Waals surface area contributed by atoms with Gasteiger partial charge >= 0.3 is 5.97 Å². The lowest BCUT2D eigenvalue weighted by molar-refractivity contribution is 0.0686. The number of aliphatic hydroxyl groups is 1. The smallest absolute Gasteiger partial charge is 0.358 e. The minimum atomic E-state index is -1.12. The Morgan fingerprint density at radius 1 is 1.39 bits per heavy atom. The topological polar surface area (TPSA) is 83.6 Å². The van der Waals surface area contributed by atoms with E-state index in [-0.39, 0.29) is 11.8 Å². The fourth-order valence-electron chi connectivity index (χ4n) is 1.66. The molecular weight excluding hydrogens is 234 g/mol. The zero-order chi connectivity index (χ0) is 13.1. The van der Waals surface area contributed by atoms with E-state index in [1.165, 1.54) is 6.07 Å². The lowest BCUT2D eigenvalue weighted by atomic mass is 10.1. The molecule has 0 aliphatic heterocycles. The van der Waals surface area contributed by atoms with Crippen LogP contribution in [0.4, 0.5) is 0 Å². The summed E-state index contributed by atoms with van der Waals surface area (Å²) in [4.78, 5) is 10.7. The highest BCUT2D eigenvalue weighted by Gasteiger charge is 2.12. The Labute approximate surface area is 104 Å². The summed E-state index contributed by atoms with van der Waals surface area (Å²) in [5.74, 6) is -0.702. The number of benzene rings is 1. The third-order valence-electron chi connectivity index (χ3n) is 2.50. The third-order valence-corrected chi connectivity index (χ3v) is 2.50. The second-order valence-electron chi connectivity index (χ2n) is 4.13. The van der Waals surface area contributed by atoms with Crippen molar-refractivity contribution in [3.05, 3.63) is 41.6 Å². The van der Waals surface area contributed by atoms with Gasteiger partial charge in [-0.15, -0.1) is 0 Å². The molecule has 0 amide bonds. The molecule has 1 heterocycles. The maximum atomic E-state index is 10.7. The first-order valence-electron chi connectivity index (χ1n) is 5.53. The van der Waals surface area contributed by atoms with E-state index in [2.05, 4.69) is 5.16 Å². The number of rotatable bonds is 4. The first-order chi connectivity index (χ1) is 8.56. The summed E-state index contributed by atoms with van der Waals surface area (Å²) >= 11 is 0. The van der Waals surface area contributed by atoms with Gasteiger partial charge in [-0.25, -0.2) is 4.79 Å². The summed E-state index contributed by atoms with van der Waals surface area (Å²) < 4.78 is 4.95. The SMILES string of the molecule is CC(O)Cc1ccc(-c2cc(C(=O)O)no2)cc1. The molecule has 2 rings (SSSR count). The van der Waals surface area contributed by atoms with E-state index >= 15 is 0 Å². The van der Waals surface area contributed by atoms with Gasteiger partial charge in [0.05, 0.1) is 6.10 Å². The minimum absolute atomic E-state index is 0.113. The summed E-state index contributed by atoms with van der Waals surface area (Å²) in [6.45, 7) is 1.73. The van der Waals surface area contributed by atoms with Crippen LogP contribution in [-0.4, -0.2) is 27.4 Å². The number of aliphatic hydroxyl groups excluding tert-OH is 1. The minimum Gasteiger partial charge on any atom is -0.476 e. The van der Waals surface area contributed by atoms with Crippen LogP contribution in [0.1, 0.15) is 23.0 Å². The van der Waals surface area contributed by atoms with Crippen LogP contribution in [0.5, 0.6) is 0 Å². The highest BCUT2D eigenvalue weighted by Crippen LogP contribution is 2.21. The Balaban J connectivity index is 2.20. The fraction of sp³-hybridized carbons (Fsp3) is 0.231. The van der Waals surface area contributed by atoms with Crippen LogP contribution in [0.15, 0.2) is 34.9 Å². The molecule has 2 aromatic rings. The number of hydrogen-bond donors (Lipinski definition) is 2. The Bertz CT molecular complexity index is 542. The van der Waals surface area contributed by atoms with E-state index in [9.17, 15) is 9.90 Å². The van der Waals surface area contributed by atoms with Gasteiger partial charge in [0.25, 0.3) is 0 Å². The molecule has 0 saturated heterocycles. The van der Waals surface area contributed by atoms with Crippen molar-refractivity contribution in [3.8, 4) is 11.3 Å². The number of carboxylic acids is 1. The second-order valence-corrected chi connectivity index (χ2v) is 4.13. The molecule has 5 nitrogen and oxygen atoms in total. The van der Waals surface area contributed by atoms with E-state index in [1.807, 2.05) is 24.3 Å². The summed E-state index contributed by atoms with van der Waals surface area (Å²) in [6.07, 6.45) is 0.191. The third kappa shape index (κ3) is 2.75. The molecule has 5 heteroatoms. The highest BCUT2D eigenvalue weighted by atomic mass is 16.5. The lowest BCUT2D eigenvalue weighted by Crippen LogP contribution is -2.03. The maximum Gasteiger partial charge on any atom is 0.358 e. The maximum absolute atomic E-state index is 10.7. The van der Waals surface area contributed by atoms with Crippen LogP contribution in [-0.2, 0) is 6.42 Å². The Hall–Kier alpha value is -2.14. The number of hydrogen-bond acceptors (Lipinski definition) is 4. The summed E-state index contributed by atoms with van der Waals surface area (Å²) in [7, 11) is 0. The molecule has 0 spiro atoms. The van der Waals surface area contributed by atoms with E-state index in [4.69, 9.17) is 9.63 Å². The Kier molecular flexibility index (Phi) is 3.43. The van der Waals surface area contributed by atoms with Crippen molar-refractivity contribution >= 4 is 5.97 Å². The normalized spacial score (nSPS) is 12.3. The molecule has 1 aromatic heterocycles. The van der Waals surface area contributed by atoms with Crippen molar-refractivity contribution in [3.63, 3.8) is 0 Å². The van der Waals surface area contributed by atoms with Crippen molar-refractivity contribution in [1.82, 2.24) is 5.16 Å². The zero-order valence-corrected chi connectivity index (χ0v) is 9.83. The second kappa shape index (κ2) is 5.01. The summed E-state index contributed by atoms with van der Waals surface area (Å²) in [5, 5.41) is 21.4. The van der Waals surface area contributed by atoms with Gasteiger partial charge < -0.3 is 14.7 Å². The van der Waals surface area contributed by atoms with E-state index < -0.39 is 5.97 Å². The van der Waals surface area contributed by atoms with Crippen LogP contribution in [0.3, 0.4) is 0 Å². The molecule has 0 aliphatic carbocycles. The highest BCUT2D eigenvalue weighted by molar-refractivity contribution is 5.86. The summed E-state index contributed by atoms with van der Waals surface area (Å²) in [6, 6.07) is 8.73. The molecule has 94 valence electrons. The van der Waals surface area contributed by atoms with Gasteiger partial charge in [0.2, 0.25) is 0 Å². The number of aromatic nitrogens is 1. The van der Waals surface area contributed by atoms with Crippen molar-refractivity contribution in [1.29, 1.82) is 0 Å². The number of carboxylic acid groups (broad SMARTS) is 1. The predicted octanol–water partition coefficient (Wildman–Crippen LogP) is 1.96. The lowest BCUT2D eigenvalue weighted by Gasteiger charge is -2.04. The molecule has 18 heavy (non-hydrogen) atoms. The van der Waals surface area contributed by atoms with Crippen LogP contribution >= 0.6 is 0 Å². The monoisotopic (exact) mass is 247 g/mol. The zero-order valence-electron chi connectivity index (χ0n) is 9.83. The van der Waals surface area contributed by atoms with Gasteiger partial charge in [-0.2, -0.15) is 0 Å². The van der Waals surface area contributed by atoms with Gasteiger partial charge in [-0.3, -0.25) is 0 Å². The van der Waals surface area contributed by atoms with Crippen LogP contribution in [0, 0.1) is 0 Å². The molecule has 1 aromatic carbocycles. The molecule has 0 aliphatic rings. The van der Waals surface area contributed by atoms with E-state index in [0.29, 0.717) is 12.2 Å². The summed E-state index contributed by atoms with van der Waals surface area (Å²) in [5.41, 5.74) is 1.65. The average molecular weight is 247 g/mol. The van der Waals surface area contributed by atoms with Crippen molar-refractivity contribution in [2.45, 2.75) is 19.4 Å². The number of carbonyl (C=O) groups is 1. The fourth-order valence-corrected chi connectivity index (χ4v) is 1.66. The van der Waals surface area contributed by atoms with Gasteiger partial charge in [0.15, 0.2) is 11.5 Å².